The molecule has 2 aliphatic rings. The first-order valence-electron chi connectivity index (χ1n) is 7.43. The summed E-state index contributed by atoms with van der Waals surface area (Å²) in [7, 11) is 0. The van der Waals surface area contributed by atoms with Crippen LogP contribution in [0.5, 0.6) is 5.88 Å². The normalized spacial score (nSPS) is 18.8. The molecule has 1 fully saturated rings. The summed E-state index contributed by atoms with van der Waals surface area (Å²) in [5, 5.41) is 0. The van der Waals surface area contributed by atoms with E-state index in [0.717, 1.165) is 37.4 Å². The number of likely N-dealkylation sites (tertiary alicyclic amines) is 1. The average molecular weight is 261 g/mol. The highest BCUT2D eigenvalue weighted by molar-refractivity contribution is 5.36. The van der Waals surface area contributed by atoms with Crippen molar-refractivity contribution in [1.82, 2.24) is 9.88 Å². The van der Waals surface area contributed by atoms with Gasteiger partial charge in [-0.3, -0.25) is 4.90 Å². The van der Waals surface area contributed by atoms with Crippen LogP contribution in [0.2, 0.25) is 0 Å². The van der Waals surface area contributed by atoms with Crippen molar-refractivity contribution in [2.24, 2.45) is 5.73 Å². The summed E-state index contributed by atoms with van der Waals surface area (Å²) in [6, 6.07) is 2.19. The van der Waals surface area contributed by atoms with E-state index < -0.39 is 0 Å². The van der Waals surface area contributed by atoms with Crippen molar-refractivity contribution < 1.29 is 4.74 Å². The molecular formula is C15H23N3O. The topological polar surface area (TPSA) is 51.4 Å². The number of rotatable bonds is 5. The van der Waals surface area contributed by atoms with Crippen molar-refractivity contribution in [1.29, 1.82) is 0 Å². The molecule has 104 valence electrons. The molecule has 2 N–H and O–H groups in total. The minimum absolute atomic E-state index is 0.513. The Balaban J connectivity index is 1.62. The van der Waals surface area contributed by atoms with Gasteiger partial charge >= 0.3 is 0 Å². The molecule has 0 unspecified atom stereocenters. The molecule has 0 bridgehead atoms. The third kappa shape index (κ3) is 2.90. The minimum atomic E-state index is 0.513. The van der Waals surface area contributed by atoms with Gasteiger partial charge in [-0.15, -0.1) is 0 Å². The number of fused-ring (bicyclic) bond motifs is 1. The van der Waals surface area contributed by atoms with Crippen molar-refractivity contribution in [3.63, 3.8) is 0 Å². The third-order valence-corrected chi connectivity index (χ3v) is 4.15. The lowest BCUT2D eigenvalue weighted by Gasteiger charge is -2.16. The van der Waals surface area contributed by atoms with Crippen LogP contribution in [0.15, 0.2) is 6.07 Å². The van der Waals surface area contributed by atoms with E-state index in [0.29, 0.717) is 6.54 Å². The summed E-state index contributed by atoms with van der Waals surface area (Å²) < 4.78 is 5.88. The maximum atomic E-state index is 5.88. The zero-order valence-corrected chi connectivity index (χ0v) is 11.5. The fourth-order valence-corrected chi connectivity index (χ4v) is 3.05. The maximum absolute atomic E-state index is 5.88. The third-order valence-electron chi connectivity index (χ3n) is 4.15. The smallest absolute Gasteiger partial charge is 0.218 e. The number of aryl methyl sites for hydroxylation is 2. The molecule has 0 saturated carbocycles. The van der Waals surface area contributed by atoms with Gasteiger partial charge in [-0.25, -0.2) is 4.98 Å². The van der Waals surface area contributed by atoms with Crippen LogP contribution in [-0.4, -0.2) is 36.1 Å². The van der Waals surface area contributed by atoms with E-state index >= 15 is 0 Å². The predicted octanol–water partition coefficient (Wildman–Crippen LogP) is 1.50. The van der Waals surface area contributed by atoms with Crippen LogP contribution in [0.4, 0.5) is 0 Å². The number of hydrogen-bond acceptors (Lipinski definition) is 4. The predicted molar refractivity (Wildman–Crippen MR) is 75.3 cm³/mol. The Bertz CT molecular complexity index is 441. The van der Waals surface area contributed by atoms with E-state index in [9.17, 15) is 0 Å². The Morgan fingerprint density at radius 3 is 2.84 bits per heavy atom. The van der Waals surface area contributed by atoms with E-state index in [1.165, 1.54) is 43.6 Å². The molecule has 4 heteroatoms. The van der Waals surface area contributed by atoms with Gasteiger partial charge in [-0.1, -0.05) is 0 Å². The number of ether oxygens (including phenoxy) is 1. The largest absolute Gasteiger partial charge is 0.476 e. The van der Waals surface area contributed by atoms with E-state index in [2.05, 4.69) is 16.0 Å². The van der Waals surface area contributed by atoms with Gasteiger partial charge in [0.1, 0.15) is 6.61 Å². The summed E-state index contributed by atoms with van der Waals surface area (Å²) in [5.74, 6) is 0.766. The summed E-state index contributed by atoms with van der Waals surface area (Å²) in [4.78, 5) is 7.12. The van der Waals surface area contributed by atoms with Crippen LogP contribution in [0.1, 0.15) is 36.1 Å². The molecule has 0 radical (unpaired) electrons. The molecule has 3 rings (SSSR count). The maximum Gasteiger partial charge on any atom is 0.218 e. The monoisotopic (exact) mass is 261 g/mol. The molecule has 4 nitrogen and oxygen atoms in total. The van der Waals surface area contributed by atoms with Gasteiger partial charge in [0, 0.05) is 24.3 Å². The molecule has 0 atom stereocenters. The second-order valence-corrected chi connectivity index (χ2v) is 5.51. The second kappa shape index (κ2) is 5.88. The van der Waals surface area contributed by atoms with Crippen LogP contribution in [0, 0.1) is 0 Å². The first-order chi connectivity index (χ1) is 9.36. The molecule has 2 heterocycles. The van der Waals surface area contributed by atoms with E-state index in [1.54, 1.807) is 0 Å². The molecule has 19 heavy (non-hydrogen) atoms. The molecule has 1 aliphatic heterocycles. The van der Waals surface area contributed by atoms with Crippen molar-refractivity contribution >= 4 is 0 Å². The highest BCUT2D eigenvalue weighted by atomic mass is 16.5. The molecule has 0 spiro atoms. The fraction of sp³-hybridized carbons (Fsp3) is 0.667. The van der Waals surface area contributed by atoms with Crippen LogP contribution < -0.4 is 10.5 Å². The Labute approximate surface area is 115 Å². The van der Waals surface area contributed by atoms with Crippen molar-refractivity contribution in [3.05, 3.63) is 22.9 Å². The first kappa shape index (κ1) is 12.9. The Hall–Kier alpha value is -1.13. The SMILES string of the molecule is NCc1cc2c(nc1OCCN1CCCC1)CCC2. The van der Waals surface area contributed by atoms with Gasteiger partial charge in [0.2, 0.25) is 5.88 Å². The van der Waals surface area contributed by atoms with Gasteiger partial charge in [0.05, 0.1) is 0 Å². The minimum Gasteiger partial charge on any atom is -0.476 e. The number of nitrogens with two attached hydrogens (primary N) is 1. The van der Waals surface area contributed by atoms with Gasteiger partial charge in [-0.2, -0.15) is 0 Å². The summed E-state index contributed by atoms with van der Waals surface area (Å²) in [6.45, 7) is 4.66. The second-order valence-electron chi connectivity index (χ2n) is 5.51. The average Bonchev–Trinajstić information content (AvgIpc) is 3.08. The quantitative estimate of drug-likeness (QED) is 0.873. The molecular weight excluding hydrogens is 238 g/mol. The van der Waals surface area contributed by atoms with E-state index in [4.69, 9.17) is 10.5 Å². The highest BCUT2D eigenvalue weighted by Gasteiger charge is 2.17. The van der Waals surface area contributed by atoms with Crippen molar-refractivity contribution in [2.75, 3.05) is 26.2 Å². The van der Waals surface area contributed by atoms with E-state index in [1.807, 2.05) is 0 Å². The number of hydrogen-bond donors (Lipinski definition) is 1. The highest BCUT2D eigenvalue weighted by Crippen LogP contribution is 2.26. The number of nitrogens with zero attached hydrogens (tertiary/aromatic N) is 2. The lowest BCUT2D eigenvalue weighted by molar-refractivity contribution is 0.230. The number of pyridine rings is 1. The standard InChI is InChI=1S/C15H23N3O/c16-11-13-10-12-4-3-5-14(12)17-15(13)19-9-8-18-6-1-2-7-18/h10H,1-9,11,16H2. The van der Waals surface area contributed by atoms with Gasteiger partial charge in [0.25, 0.3) is 0 Å². The van der Waals surface area contributed by atoms with Crippen LogP contribution in [-0.2, 0) is 19.4 Å². The lowest BCUT2D eigenvalue weighted by atomic mass is 10.1. The fourth-order valence-electron chi connectivity index (χ4n) is 3.05. The van der Waals surface area contributed by atoms with Gasteiger partial charge in [0.15, 0.2) is 0 Å². The van der Waals surface area contributed by atoms with Crippen LogP contribution >= 0.6 is 0 Å². The molecule has 0 aromatic carbocycles. The van der Waals surface area contributed by atoms with Crippen LogP contribution in [0.3, 0.4) is 0 Å². The summed E-state index contributed by atoms with van der Waals surface area (Å²) in [6.07, 6.45) is 6.09. The molecule has 1 aromatic heterocycles. The molecule has 1 aromatic rings. The molecule has 1 saturated heterocycles. The molecule has 1 aliphatic carbocycles. The van der Waals surface area contributed by atoms with Crippen LogP contribution in [0.25, 0.3) is 0 Å². The Morgan fingerprint density at radius 1 is 1.21 bits per heavy atom. The first-order valence-corrected chi connectivity index (χ1v) is 7.43. The Morgan fingerprint density at radius 2 is 2.05 bits per heavy atom. The zero-order chi connectivity index (χ0) is 13.1. The Kier molecular flexibility index (Phi) is 3.99. The summed E-state index contributed by atoms with van der Waals surface area (Å²) in [5.41, 5.74) is 9.45. The number of aromatic nitrogens is 1. The zero-order valence-electron chi connectivity index (χ0n) is 11.5. The van der Waals surface area contributed by atoms with E-state index in [-0.39, 0.29) is 0 Å². The van der Waals surface area contributed by atoms with Crippen molar-refractivity contribution in [3.8, 4) is 5.88 Å². The lowest BCUT2D eigenvalue weighted by Crippen LogP contribution is -2.25. The molecule has 0 amide bonds. The van der Waals surface area contributed by atoms with Crippen molar-refractivity contribution in [2.45, 2.75) is 38.6 Å². The van der Waals surface area contributed by atoms with Gasteiger partial charge in [-0.05, 0) is 56.8 Å². The van der Waals surface area contributed by atoms with Gasteiger partial charge < -0.3 is 10.5 Å². The summed E-state index contributed by atoms with van der Waals surface area (Å²) >= 11 is 0.